The van der Waals surface area contributed by atoms with E-state index in [0.29, 0.717) is 11.3 Å². The van der Waals surface area contributed by atoms with Crippen molar-refractivity contribution in [1.82, 2.24) is 0 Å². The van der Waals surface area contributed by atoms with Gasteiger partial charge >= 0.3 is 0 Å². The molecular formula is C22H28N4O2+2. The Kier molecular flexibility index (Phi) is 6.64. The maximum absolute atomic E-state index is 12.6. The molecule has 3 N–H and O–H groups in total. The second-order valence-electron chi connectivity index (χ2n) is 7.34. The van der Waals surface area contributed by atoms with Crippen LogP contribution >= 0.6 is 0 Å². The highest BCUT2D eigenvalue weighted by molar-refractivity contribution is 5.93. The van der Waals surface area contributed by atoms with Gasteiger partial charge in [-0.1, -0.05) is 6.07 Å². The Labute approximate surface area is 166 Å². The molecule has 2 aromatic rings. The zero-order valence-electron chi connectivity index (χ0n) is 16.5. The van der Waals surface area contributed by atoms with E-state index < -0.39 is 0 Å². The van der Waals surface area contributed by atoms with Crippen molar-refractivity contribution in [3.63, 3.8) is 0 Å². The Bertz CT molecular complexity index is 836. The van der Waals surface area contributed by atoms with Crippen LogP contribution in [0.25, 0.3) is 0 Å². The third kappa shape index (κ3) is 5.10. The van der Waals surface area contributed by atoms with E-state index in [1.54, 1.807) is 30.2 Å². The maximum Gasteiger partial charge on any atom is 0.282 e. The van der Waals surface area contributed by atoms with Crippen LogP contribution in [0.2, 0.25) is 0 Å². The molecule has 146 valence electrons. The summed E-state index contributed by atoms with van der Waals surface area (Å²) < 4.78 is 5.21. The van der Waals surface area contributed by atoms with Gasteiger partial charge in [0.1, 0.15) is 38.5 Å². The van der Waals surface area contributed by atoms with Crippen molar-refractivity contribution in [1.29, 1.82) is 5.26 Å². The van der Waals surface area contributed by atoms with Crippen molar-refractivity contribution >= 4 is 11.6 Å². The van der Waals surface area contributed by atoms with Gasteiger partial charge in [-0.3, -0.25) is 4.79 Å². The number of anilines is 1. The monoisotopic (exact) mass is 380 g/mol. The number of benzene rings is 2. The van der Waals surface area contributed by atoms with Crippen LogP contribution in [0.3, 0.4) is 0 Å². The fraction of sp³-hybridized carbons (Fsp3) is 0.364. The van der Waals surface area contributed by atoms with Crippen molar-refractivity contribution in [2.24, 2.45) is 0 Å². The Morgan fingerprint density at radius 2 is 1.89 bits per heavy atom. The molecule has 1 heterocycles. The minimum absolute atomic E-state index is 0.00342. The largest absolute Gasteiger partial charge is 0.497 e. The van der Waals surface area contributed by atoms with E-state index in [-0.39, 0.29) is 11.9 Å². The number of carbonyl (C=O) groups is 1. The van der Waals surface area contributed by atoms with Crippen LogP contribution in [-0.4, -0.2) is 45.2 Å². The Morgan fingerprint density at radius 1 is 1.18 bits per heavy atom. The van der Waals surface area contributed by atoms with Crippen LogP contribution in [0.5, 0.6) is 5.75 Å². The molecule has 28 heavy (non-hydrogen) atoms. The lowest BCUT2D eigenvalue weighted by Gasteiger charge is -2.32. The summed E-state index contributed by atoms with van der Waals surface area (Å²) in [6, 6.07) is 17.3. The lowest BCUT2D eigenvalue weighted by molar-refractivity contribution is -1.02. The average molecular weight is 380 g/mol. The van der Waals surface area contributed by atoms with Gasteiger partial charge in [-0.2, -0.15) is 5.26 Å². The maximum atomic E-state index is 12.6. The minimum Gasteiger partial charge on any atom is -0.497 e. The van der Waals surface area contributed by atoms with Gasteiger partial charge in [-0.05, 0) is 49.4 Å². The summed E-state index contributed by atoms with van der Waals surface area (Å²) >= 11 is 0. The van der Waals surface area contributed by atoms with Crippen LogP contribution in [0.15, 0.2) is 48.5 Å². The van der Waals surface area contributed by atoms with E-state index in [1.165, 1.54) is 10.5 Å². The molecule has 3 rings (SSSR count). The first kappa shape index (κ1) is 19.9. The number of rotatable bonds is 6. The molecule has 0 aromatic heterocycles. The van der Waals surface area contributed by atoms with Crippen LogP contribution in [-0.2, 0) is 11.3 Å². The predicted molar refractivity (Wildman–Crippen MR) is 107 cm³/mol. The predicted octanol–water partition coefficient (Wildman–Crippen LogP) is -0.123. The molecule has 1 aliphatic rings. The summed E-state index contributed by atoms with van der Waals surface area (Å²) in [5.41, 5.74) is 2.54. The molecular weight excluding hydrogens is 352 g/mol. The van der Waals surface area contributed by atoms with E-state index in [9.17, 15) is 4.79 Å². The molecule has 0 unspecified atom stereocenters. The molecule has 6 heteroatoms. The van der Waals surface area contributed by atoms with Gasteiger partial charge in [0.2, 0.25) is 0 Å². The van der Waals surface area contributed by atoms with Gasteiger partial charge in [0.25, 0.3) is 5.91 Å². The van der Waals surface area contributed by atoms with Crippen LogP contribution in [0.1, 0.15) is 18.1 Å². The third-order valence-electron chi connectivity index (χ3n) is 5.48. The summed E-state index contributed by atoms with van der Waals surface area (Å²) in [4.78, 5) is 15.5. The Morgan fingerprint density at radius 3 is 2.54 bits per heavy atom. The van der Waals surface area contributed by atoms with Crippen LogP contribution in [0, 0.1) is 11.3 Å². The van der Waals surface area contributed by atoms with E-state index in [0.717, 1.165) is 38.5 Å². The number of amides is 1. The third-order valence-corrected chi connectivity index (χ3v) is 5.48. The number of ether oxygens (including phenoxy) is 1. The molecule has 0 spiro atoms. The summed E-state index contributed by atoms with van der Waals surface area (Å²) in [5.74, 6) is 0.886. The van der Waals surface area contributed by atoms with Gasteiger partial charge in [0.15, 0.2) is 6.04 Å². The molecule has 0 radical (unpaired) electrons. The fourth-order valence-corrected chi connectivity index (χ4v) is 3.67. The minimum atomic E-state index is -0.117. The number of methoxy groups -OCH3 is 1. The van der Waals surface area contributed by atoms with Gasteiger partial charge < -0.3 is 19.9 Å². The topological polar surface area (TPSA) is 71.0 Å². The zero-order chi connectivity index (χ0) is 19.9. The van der Waals surface area contributed by atoms with Crippen molar-refractivity contribution in [2.45, 2.75) is 19.5 Å². The number of piperazine rings is 1. The fourth-order valence-electron chi connectivity index (χ4n) is 3.67. The van der Waals surface area contributed by atoms with Crippen LogP contribution < -0.4 is 19.9 Å². The van der Waals surface area contributed by atoms with Crippen molar-refractivity contribution in [3.05, 3.63) is 59.7 Å². The van der Waals surface area contributed by atoms with E-state index in [4.69, 9.17) is 10.00 Å². The lowest BCUT2D eigenvalue weighted by atomic mass is 10.1. The molecule has 1 saturated heterocycles. The van der Waals surface area contributed by atoms with Crippen molar-refractivity contribution in [3.8, 4) is 11.8 Å². The molecule has 1 atom stereocenters. The quantitative estimate of drug-likeness (QED) is 0.654. The highest BCUT2D eigenvalue weighted by atomic mass is 16.5. The number of nitrogens with zero attached hydrogens (tertiary/aromatic N) is 1. The van der Waals surface area contributed by atoms with Gasteiger partial charge in [-0.15, -0.1) is 0 Å². The molecule has 1 fully saturated rings. The molecule has 2 aromatic carbocycles. The molecule has 6 nitrogen and oxygen atoms in total. The summed E-state index contributed by atoms with van der Waals surface area (Å²) in [6.07, 6.45) is 0. The number of nitrogens with one attached hydrogen (secondary N) is 3. The second kappa shape index (κ2) is 9.36. The molecule has 0 bridgehead atoms. The number of nitriles is 1. The SMILES string of the molecule is COc1ccc(C[NH+]2CC[NH+]([C@H](C)C(=O)Nc3cccc(C#N)c3)CC2)cc1. The van der Waals surface area contributed by atoms with E-state index in [2.05, 4.69) is 23.5 Å². The highest BCUT2D eigenvalue weighted by Gasteiger charge is 2.31. The van der Waals surface area contributed by atoms with Crippen molar-refractivity contribution < 1.29 is 19.3 Å². The van der Waals surface area contributed by atoms with E-state index in [1.807, 2.05) is 25.1 Å². The first-order valence-corrected chi connectivity index (χ1v) is 9.71. The lowest BCUT2D eigenvalue weighted by Crippen LogP contribution is -3.29. The summed E-state index contributed by atoms with van der Waals surface area (Å²) in [5, 5.41) is 11.9. The van der Waals surface area contributed by atoms with Gasteiger partial charge in [-0.25, -0.2) is 0 Å². The zero-order valence-corrected chi connectivity index (χ0v) is 16.5. The normalized spacial score (nSPS) is 20.0. The molecule has 1 amide bonds. The second-order valence-corrected chi connectivity index (χ2v) is 7.34. The number of carbonyl (C=O) groups excluding carboxylic acids is 1. The number of hydrogen-bond donors (Lipinski definition) is 3. The molecule has 0 saturated carbocycles. The number of quaternary nitrogens is 2. The summed E-state index contributed by atoms with van der Waals surface area (Å²) in [6.45, 7) is 7.01. The van der Waals surface area contributed by atoms with Gasteiger partial charge in [0.05, 0.1) is 18.7 Å². The van der Waals surface area contributed by atoms with Crippen molar-refractivity contribution in [2.75, 3.05) is 38.6 Å². The Balaban J connectivity index is 1.49. The first-order valence-electron chi connectivity index (χ1n) is 9.71. The van der Waals surface area contributed by atoms with Crippen LogP contribution in [0.4, 0.5) is 5.69 Å². The Hall–Kier alpha value is -2.88. The smallest absolute Gasteiger partial charge is 0.282 e. The average Bonchev–Trinajstić information content (AvgIpc) is 2.74. The first-order chi connectivity index (χ1) is 13.6. The standard InChI is InChI=1S/C22H26N4O2/c1-17(22(27)24-20-5-3-4-19(14-20)15-23)26-12-10-25(11-13-26)16-18-6-8-21(28-2)9-7-18/h3-9,14,17H,10-13,16H2,1-2H3,(H,24,27)/p+2/t17-/m1/s1. The molecule has 1 aliphatic heterocycles. The van der Waals surface area contributed by atoms with Gasteiger partial charge in [0, 0.05) is 11.3 Å². The summed E-state index contributed by atoms with van der Waals surface area (Å²) in [7, 11) is 1.68. The molecule has 0 aliphatic carbocycles. The van der Waals surface area contributed by atoms with E-state index >= 15 is 0 Å². The highest BCUT2D eigenvalue weighted by Crippen LogP contribution is 2.11. The number of hydrogen-bond acceptors (Lipinski definition) is 3.